The molecule has 0 aromatic heterocycles. The zero-order valence-corrected chi connectivity index (χ0v) is 20.0. The van der Waals surface area contributed by atoms with E-state index >= 15 is 0 Å². The molecule has 0 aliphatic rings. The van der Waals surface area contributed by atoms with Crippen LogP contribution in [0.5, 0.6) is 0 Å². The Morgan fingerprint density at radius 2 is 1.29 bits per heavy atom. The minimum Gasteiger partial charge on any atom is -0.481 e. The van der Waals surface area contributed by atoms with Crippen molar-refractivity contribution in [3.8, 4) is 0 Å². The van der Waals surface area contributed by atoms with Crippen molar-refractivity contribution in [2.75, 3.05) is 59.4 Å². The molecule has 0 rings (SSSR count). The van der Waals surface area contributed by atoms with Gasteiger partial charge in [-0.1, -0.05) is 27.7 Å². The Labute approximate surface area is 189 Å². The number of amides is 1. The second-order valence-corrected chi connectivity index (χ2v) is 9.17. The molecule has 0 radical (unpaired) electrons. The zero-order chi connectivity index (χ0) is 23.5. The van der Waals surface area contributed by atoms with Gasteiger partial charge >= 0.3 is 5.97 Å². The first-order chi connectivity index (χ1) is 14.7. The second-order valence-electron chi connectivity index (χ2n) is 7.38. The molecule has 0 aromatic rings. The smallest absolute Gasteiger partial charge is 0.305 e. The maximum atomic E-state index is 12.1. The molecule has 0 aliphatic heterocycles. The Morgan fingerprint density at radius 3 is 1.74 bits per heavy atom. The summed E-state index contributed by atoms with van der Waals surface area (Å²) in [5, 5.41) is 11.2. The number of carboxylic acid groups (broad SMARTS) is 1. The third-order valence-corrected chi connectivity index (χ3v) is 5.14. The van der Waals surface area contributed by atoms with Gasteiger partial charge in [0.25, 0.3) is 0 Å². The monoisotopic (exact) mass is 465 g/mol. The van der Waals surface area contributed by atoms with Crippen molar-refractivity contribution < 1.29 is 38.4 Å². The van der Waals surface area contributed by atoms with Crippen LogP contribution in [0.3, 0.4) is 0 Å². The van der Waals surface area contributed by atoms with Gasteiger partial charge < -0.3 is 29.4 Å². The van der Waals surface area contributed by atoms with E-state index < -0.39 is 11.2 Å². The average molecular weight is 466 g/mol. The topological polar surface area (TPSA) is 120 Å². The molecule has 1 unspecified atom stereocenters. The van der Waals surface area contributed by atoms with E-state index in [0.717, 1.165) is 0 Å². The van der Waals surface area contributed by atoms with Crippen LogP contribution >= 0.6 is 11.8 Å². The van der Waals surface area contributed by atoms with Crippen molar-refractivity contribution in [3.63, 3.8) is 0 Å². The summed E-state index contributed by atoms with van der Waals surface area (Å²) in [7, 11) is 0. The van der Waals surface area contributed by atoms with E-state index in [4.69, 9.17) is 24.1 Å². The van der Waals surface area contributed by atoms with E-state index in [0.29, 0.717) is 65.8 Å². The van der Waals surface area contributed by atoms with Gasteiger partial charge in [-0.3, -0.25) is 14.4 Å². The highest BCUT2D eigenvalue weighted by atomic mass is 32.2. The lowest BCUT2D eigenvalue weighted by Gasteiger charge is -2.16. The highest BCUT2D eigenvalue weighted by Crippen LogP contribution is 2.20. The van der Waals surface area contributed by atoms with Gasteiger partial charge in [0.05, 0.1) is 64.5 Å². The Balaban J connectivity index is 3.48. The van der Waals surface area contributed by atoms with Gasteiger partial charge in [-0.2, -0.15) is 0 Å². The molecule has 0 spiro atoms. The summed E-state index contributed by atoms with van der Waals surface area (Å²) in [5.74, 6) is -1.03. The summed E-state index contributed by atoms with van der Waals surface area (Å²) in [6.07, 6.45) is 0.236. The van der Waals surface area contributed by atoms with Crippen LogP contribution in [0, 0.1) is 5.92 Å². The number of carboxylic acids is 1. The van der Waals surface area contributed by atoms with Gasteiger partial charge in [0.15, 0.2) is 0 Å². The number of ketones is 1. The average Bonchev–Trinajstić information content (AvgIpc) is 2.69. The number of hydrogen-bond donors (Lipinski definition) is 2. The minimum atomic E-state index is -0.990. The lowest BCUT2D eigenvalue weighted by Crippen LogP contribution is -2.37. The number of rotatable bonds is 21. The van der Waals surface area contributed by atoms with E-state index in [1.54, 1.807) is 0 Å². The molecule has 0 fully saturated rings. The molecule has 0 aliphatic carbocycles. The van der Waals surface area contributed by atoms with Crippen LogP contribution in [0.15, 0.2) is 0 Å². The molecule has 0 saturated heterocycles. The first-order valence-electron chi connectivity index (χ1n) is 10.7. The molecular weight excluding hydrogens is 426 g/mol. The van der Waals surface area contributed by atoms with Crippen LogP contribution < -0.4 is 5.32 Å². The van der Waals surface area contributed by atoms with Crippen molar-refractivity contribution in [1.82, 2.24) is 5.32 Å². The second kappa shape index (κ2) is 19.5. The summed E-state index contributed by atoms with van der Waals surface area (Å²) in [5.41, 5.74) is 0. The van der Waals surface area contributed by atoms with Crippen LogP contribution in [-0.4, -0.2) is 92.7 Å². The fourth-order valence-electron chi connectivity index (χ4n) is 2.27. The van der Waals surface area contributed by atoms with Crippen LogP contribution in [0.1, 0.15) is 40.5 Å². The highest BCUT2D eigenvalue weighted by Gasteiger charge is 2.23. The largest absolute Gasteiger partial charge is 0.481 e. The molecule has 0 saturated carbocycles. The van der Waals surface area contributed by atoms with Gasteiger partial charge in [-0.15, -0.1) is 11.8 Å². The van der Waals surface area contributed by atoms with E-state index in [1.165, 1.54) is 11.8 Å². The number of thioether (sulfide) groups is 1. The standard InChI is InChI=1S/C21H39NO8S/c1-16(2)18(23)5-7-27-9-11-29-13-14-30-12-10-28-8-6-22-21(26)19(15-20(24)25)31-17(3)4/h16-17,19H,5-15H2,1-4H3,(H,22,26)(H,24,25). The fraction of sp³-hybridized carbons (Fsp3) is 0.857. The van der Waals surface area contributed by atoms with E-state index in [2.05, 4.69) is 5.32 Å². The maximum absolute atomic E-state index is 12.1. The molecule has 182 valence electrons. The Kier molecular flexibility index (Phi) is 18.7. The van der Waals surface area contributed by atoms with Crippen LogP contribution in [0.4, 0.5) is 0 Å². The number of ether oxygens (including phenoxy) is 4. The van der Waals surface area contributed by atoms with E-state index in [-0.39, 0.29) is 29.3 Å². The molecule has 9 nitrogen and oxygen atoms in total. The van der Waals surface area contributed by atoms with Gasteiger partial charge in [-0.05, 0) is 5.25 Å². The Morgan fingerprint density at radius 1 is 0.806 bits per heavy atom. The van der Waals surface area contributed by atoms with Gasteiger partial charge in [-0.25, -0.2) is 0 Å². The van der Waals surface area contributed by atoms with Crippen molar-refractivity contribution in [3.05, 3.63) is 0 Å². The van der Waals surface area contributed by atoms with Crippen molar-refractivity contribution in [2.45, 2.75) is 51.0 Å². The number of Topliss-reactive ketones (excluding diaryl/α,β-unsaturated/α-hetero) is 1. The summed E-state index contributed by atoms with van der Waals surface area (Å²) < 4.78 is 21.5. The quantitative estimate of drug-likeness (QED) is 0.244. The number of nitrogens with one attached hydrogen (secondary N) is 1. The predicted octanol–water partition coefficient (Wildman–Crippen LogP) is 1.77. The van der Waals surface area contributed by atoms with Crippen molar-refractivity contribution >= 4 is 29.4 Å². The SMILES string of the molecule is CC(C)SC(CC(=O)O)C(=O)NCCOCCOCCOCCOCCC(=O)C(C)C. The van der Waals surface area contributed by atoms with Gasteiger partial charge in [0.1, 0.15) is 5.78 Å². The molecular formula is C21H39NO8S. The molecule has 1 amide bonds. The van der Waals surface area contributed by atoms with Crippen LogP contribution in [-0.2, 0) is 33.3 Å². The zero-order valence-electron chi connectivity index (χ0n) is 19.2. The maximum Gasteiger partial charge on any atom is 0.305 e. The van der Waals surface area contributed by atoms with Crippen LogP contribution in [0.2, 0.25) is 0 Å². The lowest BCUT2D eigenvalue weighted by molar-refractivity contribution is -0.138. The van der Waals surface area contributed by atoms with E-state index in [9.17, 15) is 14.4 Å². The lowest BCUT2D eigenvalue weighted by atomic mass is 10.1. The Hall–Kier alpha value is -1.20. The van der Waals surface area contributed by atoms with Gasteiger partial charge in [0.2, 0.25) is 5.91 Å². The third-order valence-electron chi connectivity index (χ3n) is 3.89. The normalized spacial score (nSPS) is 12.3. The number of hydrogen-bond acceptors (Lipinski definition) is 8. The van der Waals surface area contributed by atoms with Crippen LogP contribution in [0.25, 0.3) is 0 Å². The predicted molar refractivity (Wildman–Crippen MR) is 120 cm³/mol. The summed E-state index contributed by atoms with van der Waals surface area (Å²) >= 11 is 1.34. The minimum absolute atomic E-state index is 0.0460. The van der Waals surface area contributed by atoms with E-state index in [1.807, 2.05) is 27.7 Å². The molecule has 0 bridgehead atoms. The summed E-state index contributed by atoms with van der Waals surface area (Å²) in [6.45, 7) is 11.3. The summed E-state index contributed by atoms with van der Waals surface area (Å²) in [6, 6.07) is 0. The first kappa shape index (κ1) is 29.8. The molecule has 2 N–H and O–H groups in total. The molecule has 0 aromatic carbocycles. The molecule has 0 heterocycles. The van der Waals surface area contributed by atoms with Crippen molar-refractivity contribution in [1.29, 1.82) is 0 Å². The number of aliphatic carboxylic acids is 1. The fourth-order valence-corrected chi connectivity index (χ4v) is 3.38. The first-order valence-corrected chi connectivity index (χ1v) is 11.7. The summed E-state index contributed by atoms with van der Waals surface area (Å²) in [4.78, 5) is 34.4. The Bertz CT molecular complexity index is 502. The molecule has 31 heavy (non-hydrogen) atoms. The molecule has 1 atom stereocenters. The van der Waals surface area contributed by atoms with Crippen molar-refractivity contribution in [2.24, 2.45) is 5.92 Å². The molecule has 10 heteroatoms. The number of carbonyl (C=O) groups excluding carboxylic acids is 2. The third kappa shape index (κ3) is 19.2. The highest BCUT2D eigenvalue weighted by molar-refractivity contribution is 8.01. The van der Waals surface area contributed by atoms with Gasteiger partial charge in [0, 0.05) is 18.9 Å². The number of carbonyl (C=O) groups is 3.